The molecule has 0 unspecified atom stereocenters. The lowest BCUT2D eigenvalue weighted by atomic mass is 9.87. The van der Waals surface area contributed by atoms with E-state index < -0.39 is 5.82 Å². The molecule has 3 rings (SSSR count). The van der Waals surface area contributed by atoms with Crippen LogP contribution in [0, 0.1) is 11.7 Å². The van der Waals surface area contributed by atoms with Crippen molar-refractivity contribution in [2.24, 2.45) is 5.92 Å². The van der Waals surface area contributed by atoms with Gasteiger partial charge in [-0.25, -0.2) is 14.4 Å². The van der Waals surface area contributed by atoms with Crippen molar-refractivity contribution in [3.8, 4) is 0 Å². The summed E-state index contributed by atoms with van der Waals surface area (Å²) in [6.45, 7) is 2.24. The highest BCUT2D eigenvalue weighted by molar-refractivity contribution is 5.94. The fourth-order valence-electron chi connectivity index (χ4n) is 2.78. The van der Waals surface area contributed by atoms with Gasteiger partial charge in [0.05, 0.1) is 11.7 Å². The average molecular weight is 287 g/mol. The number of hydrogen-bond donors (Lipinski definition) is 1. The molecule has 0 atom stereocenters. The maximum absolute atomic E-state index is 13.5. The van der Waals surface area contributed by atoms with E-state index in [1.54, 1.807) is 12.1 Å². The van der Waals surface area contributed by atoms with Gasteiger partial charge in [0.15, 0.2) is 5.82 Å². The van der Waals surface area contributed by atoms with E-state index in [0.717, 1.165) is 31.6 Å². The van der Waals surface area contributed by atoms with Crippen LogP contribution in [0.2, 0.25) is 0 Å². The summed E-state index contributed by atoms with van der Waals surface area (Å²) in [6.07, 6.45) is 5.62. The smallest absolute Gasteiger partial charge is 0.271 e. The highest BCUT2D eigenvalue weighted by Gasteiger charge is 2.21. The van der Waals surface area contributed by atoms with Crippen molar-refractivity contribution in [2.75, 3.05) is 0 Å². The van der Waals surface area contributed by atoms with E-state index in [1.165, 1.54) is 12.3 Å². The van der Waals surface area contributed by atoms with Crippen molar-refractivity contribution >= 4 is 16.9 Å². The Hall–Kier alpha value is -2.04. The summed E-state index contributed by atoms with van der Waals surface area (Å²) < 4.78 is 13.5. The molecule has 0 bridgehead atoms. The number of aromatic nitrogens is 2. The number of rotatable bonds is 2. The van der Waals surface area contributed by atoms with E-state index >= 15 is 0 Å². The van der Waals surface area contributed by atoms with Crippen LogP contribution >= 0.6 is 0 Å². The molecule has 1 aliphatic rings. The number of amides is 1. The van der Waals surface area contributed by atoms with Gasteiger partial charge in [-0.05, 0) is 43.7 Å². The normalized spacial score (nSPS) is 22.2. The molecule has 110 valence electrons. The Bertz CT molecular complexity index is 666. The van der Waals surface area contributed by atoms with Gasteiger partial charge in [-0.3, -0.25) is 4.79 Å². The zero-order chi connectivity index (χ0) is 14.8. The van der Waals surface area contributed by atoms with Gasteiger partial charge < -0.3 is 5.32 Å². The third-order valence-corrected chi connectivity index (χ3v) is 4.11. The van der Waals surface area contributed by atoms with Gasteiger partial charge >= 0.3 is 0 Å². The molecular weight excluding hydrogens is 269 g/mol. The fourth-order valence-corrected chi connectivity index (χ4v) is 2.78. The number of nitrogens with zero attached hydrogens (tertiary/aromatic N) is 2. The van der Waals surface area contributed by atoms with Crippen LogP contribution in [0.4, 0.5) is 4.39 Å². The number of nitrogens with one attached hydrogen (secondary N) is 1. The quantitative estimate of drug-likeness (QED) is 0.923. The highest BCUT2D eigenvalue weighted by Crippen LogP contribution is 2.23. The maximum atomic E-state index is 13.5. The van der Waals surface area contributed by atoms with E-state index in [-0.39, 0.29) is 23.2 Å². The standard InChI is InChI=1S/C16H18FN3O/c1-10-5-7-11(8-6-10)19-16(21)14-9-18-15-12(17)3-2-4-13(15)20-14/h2-4,9-11H,5-8H2,1H3,(H,19,21)/t10-,11-. The van der Waals surface area contributed by atoms with E-state index in [4.69, 9.17) is 0 Å². The Morgan fingerprint density at radius 3 is 2.81 bits per heavy atom. The van der Waals surface area contributed by atoms with Gasteiger partial charge in [0.25, 0.3) is 5.91 Å². The number of carbonyl (C=O) groups is 1. The van der Waals surface area contributed by atoms with Crippen LogP contribution in [0.15, 0.2) is 24.4 Å². The van der Waals surface area contributed by atoms with E-state index in [9.17, 15) is 9.18 Å². The van der Waals surface area contributed by atoms with Gasteiger partial charge in [-0.2, -0.15) is 0 Å². The molecule has 0 radical (unpaired) electrons. The van der Waals surface area contributed by atoms with Crippen molar-refractivity contribution < 1.29 is 9.18 Å². The van der Waals surface area contributed by atoms with Crippen molar-refractivity contribution in [2.45, 2.75) is 38.6 Å². The average Bonchev–Trinajstić information content (AvgIpc) is 2.49. The SMILES string of the molecule is C[C@H]1CC[C@H](NC(=O)c2cnc3c(F)cccc3n2)CC1. The predicted octanol–water partition coefficient (Wildman–Crippen LogP) is 3.08. The van der Waals surface area contributed by atoms with Gasteiger partial charge in [0, 0.05) is 6.04 Å². The molecule has 1 aromatic carbocycles. The fraction of sp³-hybridized carbons (Fsp3) is 0.438. The van der Waals surface area contributed by atoms with Crippen LogP contribution in [0.1, 0.15) is 43.1 Å². The zero-order valence-electron chi connectivity index (χ0n) is 12.0. The van der Waals surface area contributed by atoms with Crippen molar-refractivity contribution in [3.05, 3.63) is 35.9 Å². The first kappa shape index (κ1) is 13.9. The van der Waals surface area contributed by atoms with Gasteiger partial charge in [-0.1, -0.05) is 13.0 Å². The minimum Gasteiger partial charge on any atom is -0.348 e. The van der Waals surface area contributed by atoms with E-state index in [2.05, 4.69) is 22.2 Å². The second-order valence-corrected chi connectivity index (χ2v) is 5.79. The minimum atomic E-state index is -0.423. The number of para-hydroxylation sites is 1. The Morgan fingerprint density at radius 1 is 1.29 bits per heavy atom. The maximum Gasteiger partial charge on any atom is 0.271 e. The summed E-state index contributed by atoms with van der Waals surface area (Å²) in [4.78, 5) is 20.4. The summed E-state index contributed by atoms with van der Waals surface area (Å²) in [7, 11) is 0. The molecule has 1 saturated carbocycles. The molecule has 21 heavy (non-hydrogen) atoms. The first-order chi connectivity index (χ1) is 10.1. The number of hydrogen-bond acceptors (Lipinski definition) is 3. The van der Waals surface area contributed by atoms with Gasteiger partial charge in [0.1, 0.15) is 11.2 Å². The van der Waals surface area contributed by atoms with Crippen LogP contribution in [0.3, 0.4) is 0 Å². The van der Waals surface area contributed by atoms with Crippen LogP contribution in [0.25, 0.3) is 11.0 Å². The molecule has 1 heterocycles. The lowest BCUT2D eigenvalue weighted by Gasteiger charge is -2.26. The van der Waals surface area contributed by atoms with Crippen LogP contribution in [-0.4, -0.2) is 21.9 Å². The van der Waals surface area contributed by atoms with Gasteiger partial charge in [-0.15, -0.1) is 0 Å². The molecular formula is C16H18FN3O. The summed E-state index contributed by atoms with van der Waals surface area (Å²) in [5, 5.41) is 3.00. The zero-order valence-corrected chi connectivity index (χ0v) is 12.0. The lowest BCUT2D eigenvalue weighted by Crippen LogP contribution is -2.37. The first-order valence-electron chi connectivity index (χ1n) is 7.35. The molecule has 4 nitrogen and oxygen atoms in total. The minimum absolute atomic E-state index is 0.195. The molecule has 1 N–H and O–H groups in total. The Labute approximate surface area is 122 Å². The van der Waals surface area contributed by atoms with Gasteiger partial charge in [0.2, 0.25) is 0 Å². The molecule has 0 spiro atoms. The van der Waals surface area contributed by atoms with Crippen LogP contribution < -0.4 is 5.32 Å². The summed E-state index contributed by atoms with van der Waals surface area (Å²) in [5.41, 5.74) is 0.840. The van der Waals surface area contributed by atoms with Crippen molar-refractivity contribution in [1.82, 2.24) is 15.3 Å². The second-order valence-electron chi connectivity index (χ2n) is 5.79. The third kappa shape index (κ3) is 3.01. The van der Waals surface area contributed by atoms with Crippen LogP contribution in [-0.2, 0) is 0 Å². The molecule has 0 aliphatic heterocycles. The molecule has 1 fully saturated rings. The second kappa shape index (κ2) is 5.76. The molecule has 0 saturated heterocycles. The van der Waals surface area contributed by atoms with Crippen molar-refractivity contribution in [3.63, 3.8) is 0 Å². The molecule has 5 heteroatoms. The highest BCUT2D eigenvalue weighted by atomic mass is 19.1. The summed E-state index contributed by atoms with van der Waals surface area (Å²) in [5.74, 6) is 0.0861. The molecule has 1 amide bonds. The van der Waals surface area contributed by atoms with E-state index in [1.807, 2.05) is 0 Å². The molecule has 2 aromatic rings. The number of benzene rings is 1. The Kier molecular flexibility index (Phi) is 3.82. The summed E-state index contributed by atoms with van der Waals surface area (Å²) >= 11 is 0. The Morgan fingerprint density at radius 2 is 2.05 bits per heavy atom. The Balaban J connectivity index is 1.75. The van der Waals surface area contributed by atoms with Crippen LogP contribution in [0.5, 0.6) is 0 Å². The number of fused-ring (bicyclic) bond motifs is 1. The number of halogens is 1. The molecule has 1 aromatic heterocycles. The largest absolute Gasteiger partial charge is 0.348 e. The monoisotopic (exact) mass is 287 g/mol. The van der Waals surface area contributed by atoms with E-state index in [0.29, 0.717) is 5.52 Å². The molecule has 1 aliphatic carbocycles. The van der Waals surface area contributed by atoms with Crippen molar-refractivity contribution in [1.29, 1.82) is 0 Å². The topological polar surface area (TPSA) is 54.9 Å². The lowest BCUT2D eigenvalue weighted by molar-refractivity contribution is 0.0918. The summed E-state index contributed by atoms with van der Waals surface area (Å²) in [6, 6.07) is 4.76. The first-order valence-corrected chi connectivity index (χ1v) is 7.35. The third-order valence-electron chi connectivity index (χ3n) is 4.11. The predicted molar refractivity (Wildman–Crippen MR) is 78.4 cm³/mol. The number of carbonyl (C=O) groups excluding carboxylic acids is 1.